The Hall–Kier alpha value is -2.97. The number of methoxy groups -OCH3 is 1. The van der Waals surface area contributed by atoms with Crippen LogP contribution >= 0.6 is 0 Å². The van der Waals surface area contributed by atoms with E-state index in [1.165, 1.54) is 12.0 Å². The van der Waals surface area contributed by atoms with Gasteiger partial charge in [-0.25, -0.2) is 4.99 Å². The molecule has 0 saturated carbocycles. The zero-order chi connectivity index (χ0) is 30.6. The average molecular weight is 579 g/mol. The van der Waals surface area contributed by atoms with Crippen molar-refractivity contribution in [3.8, 4) is 12.3 Å². The molecule has 0 aromatic carbocycles. The van der Waals surface area contributed by atoms with Gasteiger partial charge in [0, 0.05) is 27.1 Å². The van der Waals surface area contributed by atoms with E-state index in [1.807, 2.05) is 0 Å². The predicted octanol–water partition coefficient (Wildman–Crippen LogP) is -1.84. The van der Waals surface area contributed by atoms with E-state index < -0.39 is 24.9 Å². The second-order valence-corrected chi connectivity index (χ2v) is 8.03. The summed E-state index contributed by atoms with van der Waals surface area (Å²) in [5.74, 6) is 3.04. The number of carbonyl (C=O) groups is 2. The van der Waals surface area contributed by atoms with E-state index in [2.05, 4.69) is 10.9 Å². The van der Waals surface area contributed by atoms with Crippen LogP contribution in [0.25, 0.3) is 0 Å². The number of guanidine groups is 1. The molecule has 1 aliphatic heterocycles. The summed E-state index contributed by atoms with van der Waals surface area (Å²) in [4.78, 5) is 24.2. The summed E-state index contributed by atoms with van der Waals surface area (Å²) in [6.07, 6.45) is 6.02. The molecule has 0 aromatic rings. The van der Waals surface area contributed by atoms with Crippen molar-refractivity contribution >= 4 is 18.8 Å². The SMILES string of the molecule is C#CCOCCOCCOCCOCCN(C)C=O.COC(C(O)CO)C1CC(N=C(N)N)C=C(C)O1.O=CO. The topological polar surface area (TPSA) is 218 Å². The second kappa shape index (κ2) is 27.6. The summed E-state index contributed by atoms with van der Waals surface area (Å²) in [7, 11) is 3.16. The van der Waals surface area contributed by atoms with Crippen molar-refractivity contribution < 1.29 is 53.3 Å². The number of aliphatic imine (C=N–C) groups is 1. The molecule has 232 valence electrons. The Bertz CT molecular complexity index is 730. The molecule has 1 aliphatic rings. The van der Waals surface area contributed by atoms with Gasteiger partial charge in [0.25, 0.3) is 6.47 Å². The molecular formula is C25H46N4O11. The first kappa shape index (κ1) is 39.2. The molecule has 0 bridgehead atoms. The molecule has 0 saturated heterocycles. The molecule has 40 heavy (non-hydrogen) atoms. The number of carbonyl (C=O) groups excluding carboxylic acids is 1. The quantitative estimate of drug-likeness (QED) is 0.0375. The highest BCUT2D eigenvalue weighted by Crippen LogP contribution is 2.24. The number of nitrogens with two attached hydrogens (primary N) is 2. The van der Waals surface area contributed by atoms with Crippen molar-refractivity contribution in [2.45, 2.75) is 37.7 Å². The van der Waals surface area contributed by atoms with Gasteiger partial charge >= 0.3 is 0 Å². The minimum Gasteiger partial charge on any atom is -0.492 e. The maximum absolute atomic E-state index is 10.3. The third kappa shape index (κ3) is 23.0. The normalized spacial score (nSPS) is 17.1. The summed E-state index contributed by atoms with van der Waals surface area (Å²) in [6.45, 7) is 5.63. The number of carboxylic acid groups (broad SMARTS) is 1. The first-order chi connectivity index (χ1) is 19.2. The van der Waals surface area contributed by atoms with Crippen LogP contribution in [0.5, 0.6) is 0 Å². The lowest BCUT2D eigenvalue weighted by molar-refractivity contribution is -0.123. The summed E-state index contributed by atoms with van der Waals surface area (Å²) in [5, 5.41) is 25.5. The minimum absolute atomic E-state index is 0.00127. The molecule has 15 nitrogen and oxygen atoms in total. The van der Waals surface area contributed by atoms with Crippen LogP contribution in [-0.2, 0) is 38.0 Å². The Morgan fingerprint density at radius 2 is 1.70 bits per heavy atom. The number of hydrogen-bond acceptors (Lipinski definition) is 11. The maximum Gasteiger partial charge on any atom is 0.290 e. The molecular weight excluding hydrogens is 532 g/mol. The van der Waals surface area contributed by atoms with Crippen LogP contribution in [0.1, 0.15) is 13.3 Å². The number of aliphatic hydroxyl groups excluding tert-OH is 2. The molecule has 15 heteroatoms. The van der Waals surface area contributed by atoms with Crippen LogP contribution in [0, 0.1) is 12.3 Å². The summed E-state index contributed by atoms with van der Waals surface area (Å²) < 4.78 is 31.6. The number of nitrogens with zero attached hydrogens (tertiary/aromatic N) is 2. The third-order valence-electron chi connectivity index (χ3n) is 4.83. The van der Waals surface area contributed by atoms with Crippen LogP contribution in [0.3, 0.4) is 0 Å². The lowest BCUT2D eigenvalue weighted by Gasteiger charge is -2.33. The van der Waals surface area contributed by atoms with Gasteiger partial charge in [0.05, 0.1) is 64.7 Å². The molecule has 1 rings (SSSR count). The largest absolute Gasteiger partial charge is 0.492 e. The van der Waals surface area contributed by atoms with E-state index >= 15 is 0 Å². The number of terminal acetylenes is 1. The molecule has 1 amide bonds. The Labute approximate surface area is 236 Å². The number of amides is 1. The van der Waals surface area contributed by atoms with E-state index in [0.29, 0.717) is 71.6 Å². The van der Waals surface area contributed by atoms with Crippen molar-refractivity contribution in [1.29, 1.82) is 0 Å². The van der Waals surface area contributed by atoms with Crippen molar-refractivity contribution in [2.75, 3.05) is 80.2 Å². The monoisotopic (exact) mass is 578 g/mol. The van der Waals surface area contributed by atoms with Crippen LogP contribution in [0.4, 0.5) is 0 Å². The highest BCUT2D eigenvalue weighted by molar-refractivity contribution is 5.76. The van der Waals surface area contributed by atoms with Crippen molar-refractivity contribution in [3.05, 3.63) is 11.8 Å². The van der Waals surface area contributed by atoms with Crippen LogP contribution < -0.4 is 11.5 Å². The number of allylic oxidation sites excluding steroid dienone is 1. The molecule has 0 aliphatic carbocycles. The fraction of sp³-hybridized carbons (Fsp3) is 0.720. The highest BCUT2D eigenvalue weighted by atomic mass is 16.6. The molecule has 0 spiro atoms. The summed E-state index contributed by atoms with van der Waals surface area (Å²) in [6, 6.07) is -0.211. The van der Waals surface area contributed by atoms with Crippen LogP contribution in [-0.4, -0.2) is 144 Å². The molecule has 0 fully saturated rings. The van der Waals surface area contributed by atoms with Gasteiger partial charge in [-0.2, -0.15) is 0 Å². The number of aliphatic hydroxyl groups is 2. The first-order valence-corrected chi connectivity index (χ1v) is 12.4. The minimum atomic E-state index is -1.01. The van der Waals surface area contributed by atoms with Gasteiger partial charge in [0.2, 0.25) is 6.41 Å². The summed E-state index contributed by atoms with van der Waals surface area (Å²) in [5.41, 5.74) is 10.7. The van der Waals surface area contributed by atoms with Gasteiger partial charge < -0.3 is 60.1 Å². The first-order valence-electron chi connectivity index (χ1n) is 12.4. The van der Waals surface area contributed by atoms with Crippen molar-refractivity contribution in [2.24, 2.45) is 16.5 Å². The number of rotatable bonds is 19. The number of ether oxygens (including phenoxy) is 6. The van der Waals surface area contributed by atoms with E-state index in [1.54, 1.807) is 20.0 Å². The molecule has 0 aromatic heterocycles. The van der Waals surface area contributed by atoms with Gasteiger partial charge in [-0.3, -0.25) is 9.59 Å². The van der Waals surface area contributed by atoms with E-state index in [4.69, 9.17) is 61.3 Å². The zero-order valence-corrected chi connectivity index (χ0v) is 23.6. The van der Waals surface area contributed by atoms with Crippen molar-refractivity contribution in [1.82, 2.24) is 4.90 Å². The average Bonchev–Trinajstić information content (AvgIpc) is 2.91. The fourth-order valence-electron chi connectivity index (χ4n) is 3.10. The lowest BCUT2D eigenvalue weighted by atomic mass is 9.98. The van der Waals surface area contributed by atoms with Gasteiger partial charge in [0.15, 0.2) is 5.96 Å². The molecule has 1 heterocycles. The van der Waals surface area contributed by atoms with Crippen LogP contribution in [0.2, 0.25) is 0 Å². The Morgan fingerprint density at radius 3 is 2.15 bits per heavy atom. The zero-order valence-electron chi connectivity index (χ0n) is 23.6. The third-order valence-corrected chi connectivity index (χ3v) is 4.83. The van der Waals surface area contributed by atoms with E-state index in [9.17, 15) is 9.90 Å². The smallest absolute Gasteiger partial charge is 0.290 e. The standard InChI is InChI=1S/C13H23NO5.C11H21N3O4.CH2O2/c1-3-5-16-7-9-18-11-12-19-10-8-17-6-4-14(2)13-15;1-6-3-7(14-11(12)13)4-9(18-6)10(17-2)8(16)5-15;2-1-3/h1,13H,4-12H2,2H3;3,7-10,15-16H,4-5H2,1-2H3,(H4,12,13,14);1H,(H,2,3). The van der Waals surface area contributed by atoms with E-state index in [0.717, 1.165) is 6.41 Å². The van der Waals surface area contributed by atoms with Gasteiger partial charge in [0.1, 0.15) is 24.9 Å². The Morgan fingerprint density at radius 1 is 1.18 bits per heavy atom. The molecule has 0 radical (unpaired) electrons. The molecule has 7 N–H and O–H groups in total. The Balaban J connectivity index is 0. The van der Waals surface area contributed by atoms with Crippen LogP contribution in [0.15, 0.2) is 16.8 Å². The summed E-state index contributed by atoms with van der Waals surface area (Å²) >= 11 is 0. The highest BCUT2D eigenvalue weighted by Gasteiger charge is 2.34. The van der Waals surface area contributed by atoms with Crippen molar-refractivity contribution in [3.63, 3.8) is 0 Å². The fourth-order valence-corrected chi connectivity index (χ4v) is 3.10. The maximum atomic E-state index is 10.3. The van der Waals surface area contributed by atoms with Gasteiger partial charge in [-0.15, -0.1) is 6.42 Å². The second-order valence-electron chi connectivity index (χ2n) is 8.03. The number of hydrogen-bond donors (Lipinski definition) is 5. The molecule has 4 unspecified atom stereocenters. The van der Waals surface area contributed by atoms with Gasteiger partial charge in [-0.05, 0) is 13.0 Å². The predicted molar refractivity (Wildman–Crippen MR) is 146 cm³/mol. The van der Waals surface area contributed by atoms with Gasteiger partial charge in [-0.1, -0.05) is 5.92 Å². The lowest BCUT2D eigenvalue weighted by Crippen LogP contribution is -2.45. The number of likely N-dealkylation sites (N-methyl/N-ethyl adjacent to an activating group) is 1. The molecule has 4 atom stereocenters. The van der Waals surface area contributed by atoms with E-state index in [-0.39, 0.29) is 18.5 Å². The Kier molecular flexibility index (Phi) is 27.0.